The molecule has 11 rings (SSSR count). The molecule has 0 radical (unpaired) electrons. The van der Waals surface area contributed by atoms with E-state index in [-0.39, 0.29) is 0 Å². The minimum atomic E-state index is 0.500. The third kappa shape index (κ3) is 592. The summed E-state index contributed by atoms with van der Waals surface area (Å²) in [5, 5.41) is 33.9. The lowest BCUT2D eigenvalue weighted by Crippen LogP contribution is -1.93. The summed E-state index contributed by atoms with van der Waals surface area (Å²) >= 11 is 4.17. The molecule has 0 atom stereocenters. The van der Waals surface area contributed by atoms with Gasteiger partial charge in [0.25, 0.3) is 0 Å². The van der Waals surface area contributed by atoms with Crippen molar-refractivity contribution in [1.82, 2.24) is 94.3 Å². The van der Waals surface area contributed by atoms with Gasteiger partial charge < -0.3 is 18.0 Å². The summed E-state index contributed by atoms with van der Waals surface area (Å²) < 4.78 is 28.1. The van der Waals surface area contributed by atoms with Crippen LogP contribution in [-0.4, -0.2) is 94.3 Å². The van der Waals surface area contributed by atoms with Crippen LogP contribution in [0.25, 0.3) is 0 Å². The largest absolute Gasteiger partial charge is 0.431 e. The van der Waals surface area contributed by atoms with Gasteiger partial charge in [-0.3, -0.25) is 15.0 Å². The van der Waals surface area contributed by atoms with Gasteiger partial charge in [0.1, 0.15) is 30.7 Å². The van der Waals surface area contributed by atoms with Crippen LogP contribution < -0.4 is 0 Å². The van der Waals surface area contributed by atoms with E-state index in [0.29, 0.717) is 5.41 Å². The van der Waals surface area contributed by atoms with Crippen LogP contribution >= 0.6 is 34.6 Å². The van der Waals surface area contributed by atoms with Crippen molar-refractivity contribution in [3.05, 3.63) is 202 Å². The van der Waals surface area contributed by atoms with Gasteiger partial charge in [0.05, 0.1) is 18.6 Å². The lowest BCUT2D eigenvalue weighted by atomic mass is 10.0. The van der Waals surface area contributed by atoms with Gasteiger partial charge in [0.2, 0.25) is 19.2 Å². The molecule has 11 aromatic heterocycles. The van der Waals surface area contributed by atoms with Crippen molar-refractivity contribution in [1.29, 1.82) is 0 Å². The van der Waals surface area contributed by atoms with Gasteiger partial charge in [-0.05, 0) is 142 Å². The highest BCUT2D eigenvalue weighted by atomic mass is 32.1. The highest BCUT2D eigenvalue weighted by Gasteiger charge is 1.95. The minimum absolute atomic E-state index is 0.500. The standard InChI is InChI=1S/C5H5N.C5H12.3C4H4N2.10C4H10.C3H3NO.C3H3NS.3C2H2N2O.2C2H2N2S.11C2H6/c1-2-4-6-5-3-1;1-5(2,3)4;1-2-6-4-3-5-1;1-2-5-4-6-3-1;1-2-4-6-5-3-1;10*1-4(2)3;2*1-2-4-5-3-1;1-3-4-2-5-1;1-3-2-5-4-1;1-2-5-4-3-1;1-3-2-5-4-1;1-2-5-4-3-1;11*1-2/h1-5H;1-4H3;3*1-4H;10*4H,1-3H3;2*1-3H;5*1-2H;11*1-2H3. The van der Waals surface area contributed by atoms with Crippen molar-refractivity contribution in [2.75, 3.05) is 0 Å². The molecule has 0 aliphatic heterocycles. The topological polar surface area (TPSA) is 297 Å². The maximum atomic E-state index is 4.36. The molecule has 23 nitrogen and oxygen atoms in total. The summed E-state index contributed by atoms with van der Waals surface area (Å²) in [7, 11) is 0. The molecule has 0 fully saturated rings. The fourth-order valence-electron chi connectivity index (χ4n) is 2.10. The molecule has 26 heteroatoms. The maximum absolute atomic E-state index is 4.36. The van der Waals surface area contributed by atoms with Crippen LogP contribution in [0, 0.1) is 64.6 Å². The van der Waals surface area contributed by atoms with E-state index >= 15 is 0 Å². The fraction of sp³-hybridized carbons (Fsp3) is 0.670. The van der Waals surface area contributed by atoms with Crippen LogP contribution in [0.2, 0.25) is 0 Å². The first-order valence-corrected chi connectivity index (χ1v) is 48.5. The Kier molecular flexibility index (Phi) is 289. The lowest BCUT2D eigenvalue weighted by molar-refractivity contribution is 0.393. The molecule has 0 unspecified atom stereocenters. The Bertz CT molecular complexity index is 1970. The molecule has 11 heterocycles. The van der Waals surface area contributed by atoms with Crippen molar-refractivity contribution in [2.24, 2.45) is 64.6 Å². The highest BCUT2D eigenvalue weighted by molar-refractivity contribution is 7.03. The molecule has 0 aromatic carbocycles. The van der Waals surface area contributed by atoms with Gasteiger partial charge in [0, 0.05) is 84.2 Å². The number of rotatable bonds is 0. The Balaban J connectivity index is -0.0000000446. The molecule has 11 aromatic rings. The van der Waals surface area contributed by atoms with E-state index in [1.54, 1.807) is 98.2 Å². The van der Waals surface area contributed by atoms with E-state index in [2.05, 4.69) is 348 Å². The molecule has 0 bridgehead atoms. The SMILES string of the molecule is CC.CC.CC.CC.CC.CC.CC.CC.CC.CC.CC.CC(C)(C)C.CC(C)C.CC(C)C.CC(C)C.CC(C)C.CC(C)C.CC(C)C.CC(C)C.CC(C)C.CC(C)C.CC(C)C.c1ccncc1.c1ccnnc1.c1cnccn1.c1cncnc1.c1cnoc1.c1cnsc1.c1conn1.c1csnn1.c1ncon1.c1ncsn1.c1nnco1. The Labute approximate surface area is 796 Å². The number of nitrogens with zero attached hydrogens (tertiary/aromatic N) is 19. The number of hydrogen-bond acceptors (Lipinski definition) is 26. The molecule has 0 saturated carbocycles. The Morgan fingerprint density at radius 2 is 0.563 bits per heavy atom. The van der Waals surface area contributed by atoms with Crippen LogP contribution in [0.1, 0.15) is 388 Å². The van der Waals surface area contributed by atoms with Crippen molar-refractivity contribution in [3.8, 4) is 0 Å². The Morgan fingerprint density at radius 3 is 0.651 bits per heavy atom. The Hall–Kier alpha value is -8.23. The molecule has 0 saturated heterocycles. The van der Waals surface area contributed by atoms with Gasteiger partial charge in [0.15, 0.2) is 6.33 Å². The second-order valence-corrected chi connectivity index (χ2v) is 30.3. The van der Waals surface area contributed by atoms with Crippen LogP contribution in [-0.2, 0) is 0 Å². The zero-order chi connectivity index (χ0) is 104. The number of hydrogen-bond donors (Lipinski definition) is 0. The number of pyridine rings is 1. The maximum Gasteiger partial charge on any atom is 0.213 e. The Morgan fingerprint density at radius 1 is 0.222 bits per heavy atom. The first kappa shape index (κ1) is 175. The molecule has 0 spiro atoms. The third-order valence-electron chi connectivity index (χ3n) is 4.11. The minimum Gasteiger partial charge on any atom is -0.431 e. The van der Waals surface area contributed by atoms with E-state index in [1.165, 1.54) is 91.5 Å². The van der Waals surface area contributed by atoms with Crippen molar-refractivity contribution >= 4 is 34.6 Å². The van der Waals surface area contributed by atoms with Gasteiger partial charge in [-0.2, -0.15) is 14.6 Å². The molecule has 0 amide bonds. The van der Waals surface area contributed by atoms with E-state index in [9.17, 15) is 0 Å². The molecular formula is C100H211N19O4S3. The number of aromatic nitrogens is 19. The van der Waals surface area contributed by atoms with Crippen LogP contribution in [0.15, 0.2) is 220 Å². The van der Waals surface area contributed by atoms with Crippen molar-refractivity contribution < 1.29 is 18.0 Å². The summed E-state index contributed by atoms with van der Waals surface area (Å²) in [6.45, 7) is 118. The predicted octanol–water partition coefficient (Wildman–Crippen LogP) is 35.6. The summed E-state index contributed by atoms with van der Waals surface area (Å²) in [5.41, 5.74) is 2.18. The summed E-state index contributed by atoms with van der Waals surface area (Å²) in [6.07, 6.45) is 34.2. The van der Waals surface area contributed by atoms with E-state index in [4.69, 9.17) is 0 Å². The summed E-state index contributed by atoms with van der Waals surface area (Å²) in [4.78, 5) is 25.7. The van der Waals surface area contributed by atoms with Gasteiger partial charge >= 0.3 is 0 Å². The predicted molar refractivity (Wildman–Crippen MR) is 567 cm³/mol. The first-order valence-electron chi connectivity index (χ1n) is 46.0. The zero-order valence-electron chi connectivity index (χ0n) is 92.7. The van der Waals surface area contributed by atoms with Gasteiger partial charge in [-0.25, -0.2) is 24.3 Å². The second-order valence-electron chi connectivity index (χ2n) is 28.3. The van der Waals surface area contributed by atoms with E-state index in [1.807, 2.05) is 199 Å². The molecule has 0 aliphatic carbocycles. The highest BCUT2D eigenvalue weighted by Crippen LogP contribution is 2.08. The zero-order valence-corrected chi connectivity index (χ0v) is 95.1. The molecule has 126 heavy (non-hydrogen) atoms. The van der Waals surface area contributed by atoms with E-state index in [0.717, 1.165) is 59.2 Å². The van der Waals surface area contributed by atoms with Crippen molar-refractivity contribution in [2.45, 2.75) is 388 Å². The van der Waals surface area contributed by atoms with Gasteiger partial charge in [-0.15, -0.1) is 20.4 Å². The fourth-order valence-corrected chi connectivity index (χ4v) is 3.00. The third-order valence-corrected chi connectivity index (χ3v) is 5.50. The quantitative estimate of drug-likeness (QED) is 0.136. The lowest BCUT2D eigenvalue weighted by Gasteiger charge is -2.05. The average Bonchev–Trinajstić information content (AvgIpc) is 2.03. The molecule has 748 valence electrons. The molecule has 0 aliphatic rings. The van der Waals surface area contributed by atoms with Crippen LogP contribution in [0.5, 0.6) is 0 Å². The molecule has 0 N–H and O–H groups in total. The van der Waals surface area contributed by atoms with E-state index < -0.39 is 0 Å². The normalized spacial score (nSPS) is 7.60. The summed E-state index contributed by atoms with van der Waals surface area (Å²) in [6, 6.07) is 14.8. The monoisotopic (exact) mass is 1840 g/mol. The summed E-state index contributed by atoms with van der Waals surface area (Å²) in [5.74, 6) is 8.33. The second kappa shape index (κ2) is 208. The first-order chi connectivity index (χ1) is 59.8. The smallest absolute Gasteiger partial charge is 0.213 e. The molecular weight excluding hydrogens is 1630 g/mol. The average molecular weight is 1840 g/mol. The van der Waals surface area contributed by atoms with Gasteiger partial charge in [-0.1, -0.05) is 409 Å². The van der Waals surface area contributed by atoms with Crippen LogP contribution in [0.4, 0.5) is 0 Å². The van der Waals surface area contributed by atoms with Crippen molar-refractivity contribution in [3.63, 3.8) is 0 Å². The van der Waals surface area contributed by atoms with Crippen LogP contribution in [0.3, 0.4) is 0 Å².